The van der Waals surface area contributed by atoms with Crippen LogP contribution in [0.3, 0.4) is 0 Å². The van der Waals surface area contributed by atoms with E-state index in [4.69, 9.17) is 5.73 Å². The largest absolute Gasteiger partial charge is 0.480 e. The summed E-state index contributed by atoms with van der Waals surface area (Å²) in [6.45, 7) is 6.26. The molecule has 0 aliphatic carbocycles. The first-order valence-electron chi connectivity index (χ1n) is 10.4. The topological polar surface area (TPSA) is 200 Å². The van der Waals surface area contributed by atoms with Crippen molar-refractivity contribution in [2.75, 3.05) is 6.61 Å². The molecule has 12 nitrogen and oxygen atoms in total. The highest BCUT2D eigenvalue weighted by molar-refractivity contribution is 5.94. The molecule has 0 aliphatic heterocycles. The molecule has 12 heteroatoms. The molecule has 1 aromatic rings. The fraction of sp³-hybridized carbons (Fsp3) is 0.650. The Morgan fingerprint density at radius 2 is 1.62 bits per heavy atom. The van der Waals surface area contributed by atoms with Crippen LogP contribution in [0.1, 0.15) is 39.8 Å². The van der Waals surface area contributed by atoms with Gasteiger partial charge in [-0.05, 0) is 18.3 Å². The maximum Gasteiger partial charge on any atom is 0.326 e. The number of aliphatic hydroxyl groups excluding tert-OH is 1. The van der Waals surface area contributed by atoms with Gasteiger partial charge in [0.1, 0.15) is 18.1 Å². The Balaban J connectivity index is 2.81. The van der Waals surface area contributed by atoms with Crippen molar-refractivity contribution in [3.05, 3.63) is 18.2 Å². The van der Waals surface area contributed by atoms with Crippen molar-refractivity contribution in [3.8, 4) is 0 Å². The molecule has 0 spiro atoms. The third kappa shape index (κ3) is 8.63. The number of carbonyl (C=O) groups excluding carboxylic acids is 3. The van der Waals surface area contributed by atoms with Gasteiger partial charge in [0, 0.05) is 18.3 Å². The van der Waals surface area contributed by atoms with Crippen molar-refractivity contribution in [3.63, 3.8) is 0 Å². The minimum absolute atomic E-state index is 0.00151. The van der Waals surface area contributed by atoms with Gasteiger partial charge in [-0.3, -0.25) is 14.4 Å². The van der Waals surface area contributed by atoms with Gasteiger partial charge in [-0.25, -0.2) is 9.78 Å². The van der Waals surface area contributed by atoms with Crippen LogP contribution in [0, 0.1) is 11.8 Å². The number of aromatic nitrogens is 2. The van der Waals surface area contributed by atoms with E-state index in [9.17, 15) is 29.4 Å². The zero-order valence-electron chi connectivity index (χ0n) is 18.8. The minimum atomic E-state index is -1.34. The molecule has 0 aliphatic rings. The van der Waals surface area contributed by atoms with Crippen LogP contribution in [0.2, 0.25) is 0 Å². The number of nitrogens with two attached hydrogens (primary N) is 1. The van der Waals surface area contributed by atoms with Gasteiger partial charge in [0.25, 0.3) is 0 Å². The number of rotatable bonds is 13. The van der Waals surface area contributed by atoms with E-state index in [2.05, 4.69) is 25.9 Å². The predicted molar refractivity (Wildman–Crippen MR) is 115 cm³/mol. The average molecular weight is 455 g/mol. The molecule has 1 rings (SSSR count). The Morgan fingerprint density at radius 1 is 1.03 bits per heavy atom. The van der Waals surface area contributed by atoms with Crippen LogP contribution < -0.4 is 21.7 Å². The van der Waals surface area contributed by atoms with Crippen LogP contribution in [0.5, 0.6) is 0 Å². The number of hydrogen-bond donors (Lipinski definition) is 7. The molecule has 0 aromatic carbocycles. The van der Waals surface area contributed by atoms with Crippen LogP contribution in [0.25, 0.3) is 0 Å². The van der Waals surface area contributed by atoms with E-state index >= 15 is 0 Å². The van der Waals surface area contributed by atoms with Gasteiger partial charge in [-0.2, -0.15) is 0 Å². The third-order valence-electron chi connectivity index (χ3n) is 4.72. The lowest BCUT2D eigenvalue weighted by molar-refractivity contribution is -0.143. The number of H-pyrrole nitrogens is 1. The first kappa shape index (κ1) is 27.0. The Morgan fingerprint density at radius 3 is 2.09 bits per heavy atom. The maximum absolute atomic E-state index is 12.7. The molecule has 4 atom stereocenters. The number of imidazole rings is 1. The fourth-order valence-electron chi connectivity index (χ4n) is 2.94. The molecule has 3 amide bonds. The number of nitrogens with zero attached hydrogens (tertiary/aromatic N) is 1. The lowest BCUT2D eigenvalue weighted by Gasteiger charge is -2.26. The summed E-state index contributed by atoms with van der Waals surface area (Å²) in [5.41, 5.74) is 6.47. The number of aliphatic hydroxyl groups is 1. The second-order valence-corrected chi connectivity index (χ2v) is 8.39. The van der Waals surface area contributed by atoms with Crippen molar-refractivity contribution in [2.45, 2.75) is 64.7 Å². The summed E-state index contributed by atoms with van der Waals surface area (Å²) in [5, 5.41) is 26.2. The highest BCUT2D eigenvalue weighted by Crippen LogP contribution is 2.08. The van der Waals surface area contributed by atoms with E-state index in [0.29, 0.717) is 5.69 Å². The molecule has 0 radical (unpaired) electrons. The monoisotopic (exact) mass is 454 g/mol. The number of carboxylic acid groups (broad SMARTS) is 1. The summed E-state index contributed by atoms with van der Waals surface area (Å²) >= 11 is 0. The number of aliphatic carboxylic acids is 1. The minimum Gasteiger partial charge on any atom is -0.480 e. The summed E-state index contributed by atoms with van der Waals surface area (Å²) in [6, 6.07) is -4.50. The summed E-state index contributed by atoms with van der Waals surface area (Å²) in [5.74, 6) is -3.66. The molecule has 0 saturated heterocycles. The second-order valence-electron chi connectivity index (χ2n) is 8.39. The molecule has 0 saturated carbocycles. The predicted octanol–water partition coefficient (Wildman–Crippen LogP) is -1.49. The van der Waals surface area contributed by atoms with E-state index in [0.717, 1.165) is 0 Å². The molecule has 8 N–H and O–H groups in total. The molecule has 1 heterocycles. The Hall–Kier alpha value is -2.99. The van der Waals surface area contributed by atoms with Gasteiger partial charge >= 0.3 is 5.97 Å². The number of amides is 3. The summed E-state index contributed by atoms with van der Waals surface area (Å²) < 4.78 is 0. The van der Waals surface area contributed by atoms with Crippen LogP contribution in [-0.4, -0.2) is 74.6 Å². The van der Waals surface area contributed by atoms with Crippen molar-refractivity contribution >= 4 is 23.7 Å². The van der Waals surface area contributed by atoms with E-state index < -0.39 is 54.5 Å². The molecule has 32 heavy (non-hydrogen) atoms. The van der Waals surface area contributed by atoms with Gasteiger partial charge in [0.15, 0.2) is 0 Å². The number of hydrogen-bond acceptors (Lipinski definition) is 7. The molecule has 0 fully saturated rings. The van der Waals surface area contributed by atoms with Crippen molar-refractivity contribution in [2.24, 2.45) is 17.6 Å². The number of carboxylic acids is 1. The van der Waals surface area contributed by atoms with Gasteiger partial charge < -0.3 is 36.9 Å². The van der Waals surface area contributed by atoms with Gasteiger partial charge in [-0.15, -0.1) is 0 Å². The van der Waals surface area contributed by atoms with Crippen molar-refractivity contribution < 1.29 is 29.4 Å². The summed E-state index contributed by atoms with van der Waals surface area (Å²) in [7, 11) is 0. The molecular weight excluding hydrogens is 420 g/mol. The molecule has 1 aromatic heterocycles. The fourth-order valence-corrected chi connectivity index (χ4v) is 2.94. The van der Waals surface area contributed by atoms with Crippen LogP contribution in [-0.2, 0) is 25.6 Å². The highest BCUT2D eigenvalue weighted by Gasteiger charge is 2.31. The van der Waals surface area contributed by atoms with Crippen LogP contribution >= 0.6 is 0 Å². The molecule has 180 valence electrons. The molecule has 0 bridgehead atoms. The average Bonchev–Trinajstić information content (AvgIpc) is 3.21. The van der Waals surface area contributed by atoms with E-state index in [1.165, 1.54) is 12.5 Å². The summed E-state index contributed by atoms with van der Waals surface area (Å²) in [6.07, 6.45) is 3.33. The summed E-state index contributed by atoms with van der Waals surface area (Å²) in [4.78, 5) is 55.7. The zero-order chi connectivity index (χ0) is 24.4. The lowest BCUT2D eigenvalue weighted by Crippen LogP contribution is -2.58. The first-order chi connectivity index (χ1) is 15.0. The normalized spacial score (nSPS) is 15.0. The zero-order valence-corrected chi connectivity index (χ0v) is 18.8. The molecule has 4 unspecified atom stereocenters. The highest BCUT2D eigenvalue weighted by atomic mass is 16.4. The number of aromatic amines is 1. The van der Waals surface area contributed by atoms with Crippen molar-refractivity contribution in [1.29, 1.82) is 0 Å². The van der Waals surface area contributed by atoms with E-state index in [-0.39, 0.29) is 24.7 Å². The Kier molecular flexibility index (Phi) is 10.8. The standard InChI is InChI=1S/C20H34N6O6/c1-10(2)5-14(18(29)26-16(11(3)4)20(31)32)24-19(30)15(8-27)25-17(28)13(21)6-12-7-22-9-23-12/h7,9-11,13-16,27H,5-6,8,21H2,1-4H3,(H,22,23)(H,24,30)(H,25,28)(H,26,29)(H,31,32). The van der Waals surface area contributed by atoms with Gasteiger partial charge in [0.2, 0.25) is 17.7 Å². The number of carbonyl (C=O) groups is 4. The first-order valence-corrected chi connectivity index (χ1v) is 10.4. The third-order valence-corrected chi connectivity index (χ3v) is 4.72. The Bertz CT molecular complexity index is 767. The van der Waals surface area contributed by atoms with Crippen molar-refractivity contribution in [1.82, 2.24) is 25.9 Å². The Labute approximate surface area is 186 Å². The van der Waals surface area contributed by atoms with Crippen LogP contribution in [0.4, 0.5) is 0 Å². The van der Waals surface area contributed by atoms with Crippen LogP contribution in [0.15, 0.2) is 12.5 Å². The lowest BCUT2D eigenvalue weighted by atomic mass is 10.00. The second kappa shape index (κ2) is 12.8. The SMILES string of the molecule is CC(C)CC(NC(=O)C(CO)NC(=O)C(N)Cc1cnc[nH]1)C(=O)NC(C(=O)O)C(C)C. The van der Waals surface area contributed by atoms with E-state index in [1.807, 2.05) is 13.8 Å². The number of nitrogens with one attached hydrogen (secondary N) is 4. The van der Waals surface area contributed by atoms with Gasteiger partial charge in [-0.1, -0.05) is 27.7 Å². The smallest absolute Gasteiger partial charge is 0.326 e. The van der Waals surface area contributed by atoms with E-state index in [1.54, 1.807) is 13.8 Å². The molecular formula is C20H34N6O6. The maximum atomic E-state index is 12.7. The quantitative estimate of drug-likeness (QED) is 0.187. The van der Waals surface area contributed by atoms with Gasteiger partial charge in [0.05, 0.1) is 19.0 Å².